The monoisotopic (exact) mass is 418 g/mol. The van der Waals surface area contributed by atoms with Crippen LogP contribution in [0.15, 0.2) is 60.4 Å². The van der Waals surface area contributed by atoms with Crippen molar-refractivity contribution in [3.05, 3.63) is 71.5 Å². The fourth-order valence-electron chi connectivity index (χ4n) is 3.16. The Kier molecular flexibility index (Phi) is 7.96. The maximum atomic E-state index is 12.5. The number of hydrogen-bond acceptors (Lipinski definition) is 3. The molecule has 0 spiro atoms. The Morgan fingerprint density at radius 2 is 1.41 bits per heavy atom. The van der Waals surface area contributed by atoms with Crippen molar-refractivity contribution in [1.82, 2.24) is 0 Å². The fourth-order valence-corrected chi connectivity index (χ4v) is 4.68. The molecule has 1 aromatic carbocycles. The van der Waals surface area contributed by atoms with Crippen molar-refractivity contribution in [1.29, 1.82) is 0 Å². The highest BCUT2D eigenvalue weighted by Gasteiger charge is 2.27. The first-order valence-electron chi connectivity index (χ1n) is 10.1. The molecule has 1 atom stereocenters. The van der Waals surface area contributed by atoms with Gasteiger partial charge in [-0.3, -0.25) is 4.52 Å². The largest absolute Gasteiger partial charge is 0.425 e. The van der Waals surface area contributed by atoms with Crippen LogP contribution in [-0.2, 0) is 24.4 Å². The predicted octanol–water partition coefficient (Wildman–Crippen LogP) is 7.93. The van der Waals surface area contributed by atoms with E-state index >= 15 is 0 Å². The second kappa shape index (κ2) is 9.06. The van der Waals surface area contributed by atoms with Crippen LogP contribution in [0.4, 0.5) is 0 Å². The first kappa shape index (κ1) is 25.5. The predicted molar refractivity (Wildman–Crippen MR) is 126 cm³/mol. The van der Waals surface area contributed by atoms with E-state index in [9.17, 15) is 4.57 Å². The molecule has 0 aliphatic carbocycles. The lowest BCUT2D eigenvalue weighted by atomic mass is 9.76. The molecule has 0 aliphatic heterocycles. The van der Waals surface area contributed by atoms with Crippen LogP contribution in [0.25, 0.3) is 0 Å². The van der Waals surface area contributed by atoms with Crippen molar-refractivity contribution in [3.63, 3.8) is 0 Å². The first-order chi connectivity index (χ1) is 13.0. The lowest BCUT2D eigenvalue weighted by Crippen LogP contribution is -2.20. The summed E-state index contributed by atoms with van der Waals surface area (Å²) in [6, 6.07) is 8.79. The molecule has 0 bridgehead atoms. The zero-order chi connectivity index (χ0) is 22.7. The van der Waals surface area contributed by atoms with Crippen molar-refractivity contribution < 1.29 is 13.6 Å². The van der Waals surface area contributed by atoms with E-state index in [2.05, 4.69) is 71.5 Å². The van der Waals surface area contributed by atoms with Crippen LogP contribution < -0.4 is 0 Å². The minimum absolute atomic E-state index is 0.129. The van der Waals surface area contributed by atoms with E-state index in [-0.39, 0.29) is 10.8 Å². The van der Waals surface area contributed by atoms with Crippen LogP contribution in [0.3, 0.4) is 0 Å². The van der Waals surface area contributed by atoms with E-state index in [4.69, 9.17) is 9.05 Å². The summed E-state index contributed by atoms with van der Waals surface area (Å²) in [7, 11) is -3.23. The zero-order valence-corrected chi connectivity index (χ0v) is 20.8. The third-order valence-electron chi connectivity index (χ3n) is 4.68. The molecule has 162 valence electrons. The average Bonchev–Trinajstić information content (AvgIpc) is 2.51. The minimum Gasteiger partial charge on any atom is -0.425 e. The van der Waals surface area contributed by atoms with Gasteiger partial charge >= 0.3 is 7.60 Å². The molecule has 0 fully saturated rings. The second-order valence-electron chi connectivity index (χ2n) is 10.1. The Balaban J connectivity index is 2.99. The Labute approximate surface area is 178 Å². The third kappa shape index (κ3) is 7.99. The standard InChI is InChI=1S/C25H39O3P/c1-12-20(14-13-19(2)27-29(11,26)28-24(6,7)8)25(9,10)22-17-15-21(16-18-22)23(3,4)5/h12-18H,2H2,1,3-11H3/b14-13-,20-12+. The number of rotatable bonds is 7. The van der Waals surface area contributed by atoms with Crippen molar-refractivity contribution in [3.8, 4) is 0 Å². The molecule has 4 heteroatoms. The average molecular weight is 419 g/mol. The van der Waals surface area contributed by atoms with Gasteiger partial charge in [-0.25, -0.2) is 4.57 Å². The molecule has 1 unspecified atom stereocenters. The van der Waals surface area contributed by atoms with E-state index < -0.39 is 13.2 Å². The van der Waals surface area contributed by atoms with E-state index in [0.29, 0.717) is 5.76 Å². The van der Waals surface area contributed by atoms with Crippen molar-refractivity contribution in [2.45, 2.75) is 78.7 Å². The Morgan fingerprint density at radius 3 is 1.83 bits per heavy atom. The summed E-state index contributed by atoms with van der Waals surface area (Å²) in [6.45, 7) is 23.9. The Hall–Kier alpha value is -1.57. The van der Waals surface area contributed by atoms with Crippen LogP contribution in [0.1, 0.15) is 73.4 Å². The van der Waals surface area contributed by atoms with Crippen molar-refractivity contribution in [2.24, 2.45) is 0 Å². The summed E-state index contributed by atoms with van der Waals surface area (Å²) in [5.41, 5.74) is 3.04. The maximum absolute atomic E-state index is 12.5. The van der Waals surface area contributed by atoms with Crippen LogP contribution >= 0.6 is 7.60 Å². The number of allylic oxidation sites excluding steroid dienone is 4. The Bertz CT molecular complexity index is 813. The van der Waals surface area contributed by atoms with E-state index in [0.717, 1.165) is 5.57 Å². The topological polar surface area (TPSA) is 35.5 Å². The van der Waals surface area contributed by atoms with E-state index in [1.807, 2.05) is 33.8 Å². The van der Waals surface area contributed by atoms with Gasteiger partial charge in [0.15, 0.2) is 0 Å². The molecule has 29 heavy (non-hydrogen) atoms. The van der Waals surface area contributed by atoms with Crippen LogP contribution in [-0.4, -0.2) is 12.3 Å². The third-order valence-corrected chi connectivity index (χ3v) is 6.12. The lowest BCUT2D eigenvalue weighted by molar-refractivity contribution is 0.109. The van der Waals surface area contributed by atoms with Crippen LogP contribution in [0.5, 0.6) is 0 Å². The highest BCUT2D eigenvalue weighted by Crippen LogP contribution is 2.49. The summed E-state index contributed by atoms with van der Waals surface area (Å²) >= 11 is 0. The van der Waals surface area contributed by atoms with Gasteiger partial charge < -0.3 is 4.52 Å². The Morgan fingerprint density at radius 1 is 0.931 bits per heavy atom. The molecular formula is C25H39O3P. The summed E-state index contributed by atoms with van der Waals surface area (Å²) in [6.07, 6.45) is 5.80. The molecule has 1 aromatic rings. The molecule has 0 saturated carbocycles. The summed E-state index contributed by atoms with van der Waals surface area (Å²) < 4.78 is 23.6. The van der Waals surface area contributed by atoms with Crippen molar-refractivity contribution >= 4 is 7.60 Å². The summed E-state index contributed by atoms with van der Waals surface area (Å²) in [5.74, 6) is 0.318. The highest BCUT2D eigenvalue weighted by atomic mass is 31.2. The van der Waals surface area contributed by atoms with Gasteiger partial charge in [-0.05, 0) is 55.9 Å². The molecule has 0 N–H and O–H groups in total. The second-order valence-corrected chi connectivity index (χ2v) is 12.0. The summed E-state index contributed by atoms with van der Waals surface area (Å²) in [5, 5.41) is 0. The molecule has 0 saturated heterocycles. The number of benzene rings is 1. The quantitative estimate of drug-likeness (QED) is 0.256. The van der Waals surface area contributed by atoms with E-state index in [1.54, 1.807) is 6.08 Å². The number of hydrogen-bond donors (Lipinski definition) is 0. The molecule has 3 nitrogen and oxygen atoms in total. The molecular weight excluding hydrogens is 379 g/mol. The van der Waals surface area contributed by atoms with Gasteiger partial charge in [-0.15, -0.1) is 0 Å². The molecule has 0 amide bonds. The lowest BCUT2D eigenvalue weighted by Gasteiger charge is -2.29. The normalized spacial score (nSPS) is 16.0. The molecule has 0 aromatic heterocycles. The van der Waals surface area contributed by atoms with Crippen LogP contribution in [0, 0.1) is 0 Å². The molecule has 0 aliphatic rings. The van der Waals surface area contributed by atoms with E-state index in [1.165, 1.54) is 17.8 Å². The zero-order valence-electron chi connectivity index (χ0n) is 19.9. The van der Waals surface area contributed by atoms with Gasteiger partial charge in [-0.1, -0.05) is 77.6 Å². The maximum Gasteiger partial charge on any atom is 0.376 e. The smallest absolute Gasteiger partial charge is 0.376 e. The molecule has 0 radical (unpaired) electrons. The fraction of sp³-hybridized carbons (Fsp3) is 0.520. The summed E-state index contributed by atoms with van der Waals surface area (Å²) in [4.78, 5) is 0. The van der Waals surface area contributed by atoms with Crippen LogP contribution in [0.2, 0.25) is 0 Å². The van der Waals surface area contributed by atoms with Gasteiger partial charge in [0.2, 0.25) is 0 Å². The van der Waals surface area contributed by atoms with Gasteiger partial charge in [0.1, 0.15) is 5.76 Å². The molecule has 1 rings (SSSR count). The van der Waals surface area contributed by atoms with Gasteiger partial charge in [0.25, 0.3) is 0 Å². The first-order valence-corrected chi connectivity index (χ1v) is 12.1. The minimum atomic E-state index is -3.23. The van der Waals surface area contributed by atoms with Gasteiger partial charge in [-0.2, -0.15) is 0 Å². The highest BCUT2D eigenvalue weighted by molar-refractivity contribution is 7.53. The molecule has 0 heterocycles. The van der Waals surface area contributed by atoms with Gasteiger partial charge in [0.05, 0.1) is 5.60 Å². The van der Waals surface area contributed by atoms with Gasteiger partial charge in [0, 0.05) is 12.1 Å². The SMILES string of the molecule is C=C(/C=C\C(=C/C)C(C)(C)c1ccc(C(C)(C)C)cc1)OP(C)(=O)OC(C)(C)C. The van der Waals surface area contributed by atoms with Crippen molar-refractivity contribution in [2.75, 3.05) is 6.66 Å².